The molecule has 4 nitrogen and oxygen atoms in total. The van der Waals surface area contributed by atoms with Gasteiger partial charge in [0, 0.05) is 13.1 Å². The molecule has 1 fully saturated rings. The van der Waals surface area contributed by atoms with Crippen LogP contribution in [-0.2, 0) is 23.1 Å². The summed E-state index contributed by atoms with van der Waals surface area (Å²) in [6, 6.07) is 15.4. The molecule has 1 saturated heterocycles. The van der Waals surface area contributed by atoms with E-state index in [0.29, 0.717) is 23.9 Å². The maximum Gasteiger partial charge on any atom is 0.243 e. The van der Waals surface area contributed by atoms with Crippen LogP contribution in [0.5, 0.6) is 0 Å². The van der Waals surface area contributed by atoms with Gasteiger partial charge in [0.05, 0.1) is 4.90 Å². The number of piperidine rings is 1. The molecule has 2 aromatic rings. The van der Waals surface area contributed by atoms with Crippen molar-refractivity contribution in [2.45, 2.75) is 50.1 Å². The van der Waals surface area contributed by atoms with Crippen molar-refractivity contribution in [1.82, 2.24) is 9.21 Å². The van der Waals surface area contributed by atoms with E-state index in [1.54, 1.807) is 28.6 Å². The second kappa shape index (κ2) is 7.74. The third-order valence-electron chi connectivity index (χ3n) is 5.90. The summed E-state index contributed by atoms with van der Waals surface area (Å²) in [5.41, 5.74) is 3.69. The highest BCUT2D eigenvalue weighted by Gasteiger charge is 2.31. The number of fused-ring (bicyclic) bond motifs is 1. The first-order valence-corrected chi connectivity index (χ1v) is 11.4. The van der Waals surface area contributed by atoms with E-state index >= 15 is 0 Å². The molecular weight excluding hydrogens is 356 g/mol. The molecule has 2 heterocycles. The average Bonchev–Trinajstić information content (AvgIpc) is 3.14. The molecule has 0 atom stereocenters. The van der Waals surface area contributed by atoms with Gasteiger partial charge in [0.15, 0.2) is 0 Å². The van der Waals surface area contributed by atoms with Gasteiger partial charge in [-0.2, -0.15) is 4.31 Å². The molecule has 0 saturated carbocycles. The Labute approximate surface area is 162 Å². The molecule has 144 valence electrons. The third-order valence-corrected chi connectivity index (χ3v) is 7.71. The largest absolute Gasteiger partial charge is 0.303 e. The van der Waals surface area contributed by atoms with E-state index in [1.165, 1.54) is 50.0 Å². The zero-order valence-electron chi connectivity index (χ0n) is 16.0. The van der Waals surface area contributed by atoms with Crippen LogP contribution in [0.1, 0.15) is 48.8 Å². The molecule has 2 aliphatic rings. The lowest BCUT2D eigenvalue weighted by Gasteiger charge is -2.32. The lowest BCUT2D eigenvalue weighted by Crippen LogP contribution is -2.33. The lowest BCUT2D eigenvalue weighted by molar-refractivity contribution is 0.213. The second-order valence-corrected chi connectivity index (χ2v) is 9.67. The van der Waals surface area contributed by atoms with E-state index in [9.17, 15) is 8.42 Å². The second-order valence-electron chi connectivity index (χ2n) is 7.73. The van der Waals surface area contributed by atoms with E-state index in [2.05, 4.69) is 30.0 Å². The third kappa shape index (κ3) is 3.82. The van der Waals surface area contributed by atoms with Crippen LogP contribution in [0, 0.1) is 0 Å². The molecule has 0 unspecified atom stereocenters. The Morgan fingerprint density at radius 3 is 2.37 bits per heavy atom. The van der Waals surface area contributed by atoms with Crippen molar-refractivity contribution in [3.8, 4) is 0 Å². The van der Waals surface area contributed by atoms with Crippen molar-refractivity contribution in [3.63, 3.8) is 0 Å². The van der Waals surface area contributed by atoms with Crippen LogP contribution in [0.2, 0.25) is 0 Å². The fraction of sp³-hybridized carbons (Fsp3) is 0.455. The smallest absolute Gasteiger partial charge is 0.243 e. The molecule has 0 amide bonds. The number of likely N-dealkylation sites (tertiary alicyclic amines) is 1. The van der Waals surface area contributed by atoms with Gasteiger partial charge in [-0.15, -0.1) is 0 Å². The number of hydrogen-bond donors (Lipinski definition) is 0. The summed E-state index contributed by atoms with van der Waals surface area (Å²) < 4.78 is 27.4. The minimum atomic E-state index is -3.43. The van der Waals surface area contributed by atoms with Crippen molar-refractivity contribution >= 4 is 10.0 Å². The molecule has 0 radical (unpaired) electrons. The first-order chi connectivity index (χ1) is 13.1. The van der Waals surface area contributed by atoms with Crippen LogP contribution < -0.4 is 0 Å². The van der Waals surface area contributed by atoms with E-state index in [1.807, 2.05) is 6.07 Å². The summed E-state index contributed by atoms with van der Waals surface area (Å²) in [7, 11) is -3.43. The maximum absolute atomic E-state index is 12.9. The minimum absolute atomic E-state index is 0.376. The monoisotopic (exact) mass is 384 g/mol. The van der Waals surface area contributed by atoms with Crippen molar-refractivity contribution in [1.29, 1.82) is 0 Å². The van der Waals surface area contributed by atoms with E-state index in [-0.39, 0.29) is 0 Å². The van der Waals surface area contributed by atoms with Gasteiger partial charge in [-0.3, -0.25) is 0 Å². The van der Waals surface area contributed by atoms with Gasteiger partial charge in [0.1, 0.15) is 0 Å². The van der Waals surface area contributed by atoms with E-state index in [0.717, 1.165) is 5.56 Å². The molecule has 2 aliphatic heterocycles. The number of hydrogen-bond acceptors (Lipinski definition) is 3. The SMILES string of the molecule is CCCN1CCC(c2ccc3c(c2)CN(S(=O)(=O)c2ccccc2)C3)CC1. The Morgan fingerprint density at radius 2 is 1.67 bits per heavy atom. The van der Waals surface area contributed by atoms with Crippen molar-refractivity contribution in [2.75, 3.05) is 19.6 Å². The van der Waals surface area contributed by atoms with Crippen LogP contribution in [0.3, 0.4) is 0 Å². The van der Waals surface area contributed by atoms with Crippen LogP contribution in [0.15, 0.2) is 53.4 Å². The normalized spacial score (nSPS) is 19.3. The zero-order chi connectivity index (χ0) is 18.9. The summed E-state index contributed by atoms with van der Waals surface area (Å²) in [4.78, 5) is 2.93. The molecule has 27 heavy (non-hydrogen) atoms. The van der Waals surface area contributed by atoms with Gasteiger partial charge in [-0.05, 0) is 73.6 Å². The summed E-state index contributed by atoms with van der Waals surface area (Å²) in [5, 5.41) is 0. The van der Waals surface area contributed by atoms with Crippen LogP contribution in [0.4, 0.5) is 0 Å². The average molecular weight is 385 g/mol. The summed E-state index contributed by atoms with van der Waals surface area (Å²) in [6.07, 6.45) is 3.62. The summed E-state index contributed by atoms with van der Waals surface area (Å²) in [6.45, 7) is 6.73. The molecule has 0 N–H and O–H groups in total. The van der Waals surface area contributed by atoms with Crippen molar-refractivity contribution in [3.05, 3.63) is 65.2 Å². The van der Waals surface area contributed by atoms with Gasteiger partial charge >= 0.3 is 0 Å². The standard InChI is InChI=1S/C22H28N2O2S/c1-2-12-23-13-10-18(11-14-23)19-8-9-20-16-24(17-21(20)15-19)27(25,26)22-6-4-3-5-7-22/h3-9,15,18H,2,10-14,16-17H2,1H3. The molecule has 5 heteroatoms. The fourth-order valence-corrected chi connectivity index (χ4v) is 5.77. The van der Waals surface area contributed by atoms with Gasteiger partial charge in [-0.1, -0.05) is 43.3 Å². The molecule has 0 aromatic heterocycles. The Kier molecular flexibility index (Phi) is 5.35. The molecule has 0 spiro atoms. The highest BCUT2D eigenvalue weighted by molar-refractivity contribution is 7.89. The van der Waals surface area contributed by atoms with Gasteiger partial charge < -0.3 is 4.90 Å². The summed E-state index contributed by atoms with van der Waals surface area (Å²) in [5.74, 6) is 0.600. The van der Waals surface area contributed by atoms with Crippen LogP contribution in [0.25, 0.3) is 0 Å². The van der Waals surface area contributed by atoms with E-state index < -0.39 is 10.0 Å². The molecule has 0 aliphatic carbocycles. The first kappa shape index (κ1) is 18.7. The van der Waals surface area contributed by atoms with Crippen LogP contribution >= 0.6 is 0 Å². The summed E-state index contributed by atoms with van der Waals surface area (Å²) >= 11 is 0. The molecule has 4 rings (SSSR count). The van der Waals surface area contributed by atoms with Gasteiger partial charge in [0.2, 0.25) is 10.0 Å². The molecule has 2 aromatic carbocycles. The predicted octanol–water partition coefficient (Wildman–Crippen LogP) is 3.98. The Balaban J connectivity index is 1.48. The number of benzene rings is 2. The van der Waals surface area contributed by atoms with Crippen molar-refractivity contribution < 1.29 is 8.42 Å². The first-order valence-electron chi connectivity index (χ1n) is 9.97. The highest BCUT2D eigenvalue weighted by Crippen LogP contribution is 2.34. The van der Waals surface area contributed by atoms with Gasteiger partial charge in [-0.25, -0.2) is 8.42 Å². The fourth-order valence-electron chi connectivity index (χ4n) is 4.35. The highest BCUT2D eigenvalue weighted by atomic mass is 32.2. The number of nitrogens with zero attached hydrogens (tertiary/aromatic N) is 2. The Hall–Kier alpha value is -1.69. The topological polar surface area (TPSA) is 40.6 Å². The van der Waals surface area contributed by atoms with Crippen LogP contribution in [-0.4, -0.2) is 37.3 Å². The molecule has 0 bridgehead atoms. The maximum atomic E-state index is 12.9. The Bertz CT molecular complexity index is 888. The predicted molar refractivity (Wildman–Crippen MR) is 108 cm³/mol. The number of sulfonamides is 1. The number of rotatable bonds is 5. The zero-order valence-corrected chi connectivity index (χ0v) is 16.8. The minimum Gasteiger partial charge on any atom is -0.303 e. The lowest BCUT2D eigenvalue weighted by atomic mass is 9.88. The van der Waals surface area contributed by atoms with Crippen molar-refractivity contribution in [2.24, 2.45) is 0 Å². The molecular formula is C22H28N2O2S. The van der Waals surface area contributed by atoms with E-state index in [4.69, 9.17) is 0 Å². The Morgan fingerprint density at radius 1 is 0.963 bits per heavy atom. The quantitative estimate of drug-likeness (QED) is 0.783. The van der Waals surface area contributed by atoms with Gasteiger partial charge in [0.25, 0.3) is 0 Å².